The number of ether oxygens (including phenoxy) is 2. The van der Waals surface area contributed by atoms with Crippen molar-refractivity contribution in [2.45, 2.75) is 44.1 Å². The maximum atomic E-state index is 11.7. The van der Waals surface area contributed by atoms with Crippen LogP contribution in [0, 0.1) is 5.92 Å². The zero-order valence-electron chi connectivity index (χ0n) is 10.8. The molecular weight excluding hydrogens is 260 g/mol. The Morgan fingerprint density at radius 3 is 2.53 bits per heavy atom. The summed E-state index contributed by atoms with van der Waals surface area (Å²) in [7, 11) is 0. The van der Waals surface area contributed by atoms with Gasteiger partial charge in [0, 0.05) is 0 Å². The van der Waals surface area contributed by atoms with Crippen LogP contribution in [0.2, 0.25) is 0 Å². The van der Waals surface area contributed by atoms with Crippen molar-refractivity contribution in [3.05, 3.63) is 0 Å². The Hall–Kier alpha value is -0.770. The first-order valence-corrected chi connectivity index (χ1v) is 5.98. The third kappa shape index (κ3) is 3.22. The van der Waals surface area contributed by atoms with Gasteiger partial charge >= 0.3 is 5.97 Å². The molecule has 1 aliphatic rings. The van der Waals surface area contributed by atoms with E-state index >= 15 is 0 Å². The fraction of sp³-hybridized carbons (Fsp3) is 0.909. The Kier molecular flexibility index (Phi) is 5.25. The van der Waals surface area contributed by atoms with Gasteiger partial charge in [0.1, 0.15) is 30.3 Å². The highest BCUT2D eigenvalue weighted by atomic mass is 16.7. The van der Waals surface area contributed by atoms with Crippen molar-refractivity contribution in [2.75, 3.05) is 13.2 Å². The molecule has 6 atom stereocenters. The number of hydrogen-bond acceptors (Lipinski definition) is 8. The van der Waals surface area contributed by atoms with Crippen molar-refractivity contribution in [2.24, 2.45) is 5.92 Å². The summed E-state index contributed by atoms with van der Waals surface area (Å²) in [6.45, 7) is 2.02. The standard InChI is InChI=1S/C11H20O8/c1-3-18-10(16)6-8(15)9(19-11(6,2)17)7(14)5(13)4-12/h5-9,12-15,17H,3-4H2,1-2H3/t5-,6+,7+,8-,9-,11+/m1/s1. The Balaban J connectivity index is 2.89. The minimum absolute atomic E-state index is 0.0601. The third-order valence-corrected chi connectivity index (χ3v) is 3.09. The molecule has 0 saturated carbocycles. The first-order valence-electron chi connectivity index (χ1n) is 5.98. The van der Waals surface area contributed by atoms with Crippen molar-refractivity contribution < 1.29 is 39.8 Å². The van der Waals surface area contributed by atoms with Crippen LogP contribution in [0.4, 0.5) is 0 Å². The van der Waals surface area contributed by atoms with Gasteiger partial charge in [0.05, 0.1) is 13.2 Å². The van der Waals surface area contributed by atoms with E-state index in [9.17, 15) is 25.2 Å². The maximum Gasteiger partial charge on any atom is 0.317 e. The zero-order valence-corrected chi connectivity index (χ0v) is 10.8. The molecule has 0 amide bonds. The first-order chi connectivity index (χ1) is 8.76. The Labute approximate surface area is 110 Å². The van der Waals surface area contributed by atoms with Crippen molar-refractivity contribution >= 4 is 5.97 Å². The Bertz CT molecular complexity index is 318. The second-order valence-electron chi connectivity index (χ2n) is 4.60. The quantitative estimate of drug-likeness (QED) is 0.344. The molecule has 1 saturated heterocycles. The van der Waals surface area contributed by atoms with Crippen LogP contribution in [0.15, 0.2) is 0 Å². The molecule has 0 aromatic rings. The van der Waals surface area contributed by atoms with E-state index in [1.165, 1.54) is 0 Å². The van der Waals surface area contributed by atoms with Gasteiger partial charge in [-0.2, -0.15) is 0 Å². The molecule has 5 N–H and O–H groups in total. The van der Waals surface area contributed by atoms with E-state index in [2.05, 4.69) is 0 Å². The van der Waals surface area contributed by atoms with Crippen LogP contribution in [0.25, 0.3) is 0 Å². The van der Waals surface area contributed by atoms with Gasteiger partial charge in [-0.1, -0.05) is 0 Å². The molecule has 0 spiro atoms. The van der Waals surface area contributed by atoms with E-state index in [4.69, 9.17) is 14.6 Å². The molecule has 1 aliphatic heterocycles. The molecule has 0 aromatic carbocycles. The fourth-order valence-electron chi connectivity index (χ4n) is 2.11. The van der Waals surface area contributed by atoms with Gasteiger partial charge in [0.25, 0.3) is 0 Å². The summed E-state index contributed by atoms with van der Waals surface area (Å²) in [5, 5.41) is 47.7. The number of aliphatic hydroxyl groups is 5. The average molecular weight is 280 g/mol. The number of aliphatic hydroxyl groups excluding tert-OH is 4. The first kappa shape index (κ1) is 16.3. The minimum atomic E-state index is -2.04. The van der Waals surface area contributed by atoms with Crippen molar-refractivity contribution in [3.63, 3.8) is 0 Å². The van der Waals surface area contributed by atoms with Crippen LogP contribution in [-0.4, -0.2) is 74.9 Å². The van der Waals surface area contributed by atoms with Crippen LogP contribution in [0.1, 0.15) is 13.8 Å². The number of carbonyl (C=O) groups is 1. The summed E-state index contributed by atoms with van der Waals surface area (Å²) < 4.78 is 9.72. The highest BCUT2D eigenvalue weighted by Gasteiger charge is 2.58. The van der Waals surface area contributed by atoms with Crippen molar-refractivity contribution in [1.29, 1.82) is 0 Å². The zero-order chi connectivity index (χ0) is 14.8. The van der Waals surface area contributed by atoms with E-state index in [1.54, 1.807) is 6.92 Å². The summed E-state index contributed by atoms with van der Waals surface area (Å²) in [5.74, 6) is -4.31. The summed E-state index contributed by atoms with van der Waals surface area (Å²) in [6, 6.07) is 0. The van der Waals surface area contributed by atoms with Crippen LogP contribution >= 0.6 is 0 Å². The lowest BCUT2D eigenvalue weighted by atomic mass is 9.91. The highest BCUT2D eigenvalue weighted by Crippen LogP contribution is 2.37. The lowest BCUT2D eigenvalue weighted by molar-refractivity contribution is -0.224. The lowest BCUT2D eigenvalue weighted by Crippen LogP contribution is -2.46. The summed E-state index contributed by atoms with van der Waals surface area (Å²) >= 11 is 0. The number of esters is 1. The minimum Gasteiger partial charge on any atom is -0.466 e. The van der Waals surface area contributed by atoms with E-state index in [0.717, 1.165) is 6.92 Å². The van der Waals surface area contributed by atoms with Crippen molar-refractivity contribution in [1.82, 2.24) is 0 Å². The Morgan fingerprint density at radius 1 is 1.47 bits per heavy atom. The molecule has 0 bridgehead atoms. The Morgan fingerprint density at radius 2 is 2.05 bits per heavy atom. The van der Waals surface area contributed by atoms with E-state index in [0.29, 0.717) is 0 Å². The number of hydrogen-bond donors (Lipinski definition) is 5. The molecule has 0 aliphatic carbocycles. The molecule has 8 nitrogen and oxygen atoms in total. The molecule has 1 heterocycles. The summed E-state index contributed by atoms with van der Waals surface area (Å²) in [4.78, 5) is 11.7. The van der Waals surface area contributed by atoms with Crippen LogP contribution < -0.4 is 0 Å². The molecule has 19 heavy (non-hydrogen) atoms. The molecule has 0 unspecified atom stereocenters. The second-order valence-corrected chi connectivity index (χ2v) is 4.60. The predicted molar refractivity (Wildman–Crippen MR) is 60.7 cm³/mol. The largest absolute Gasteiger partial charge is 0.466 e. The summed E-state index contributed by atoms with van der Waals surface area (Å²) in [6.07, 6.45) is -6.18. The molecule has 0 radical (unpaired) electrons. The third-order valence-electron chi connectivity index (χ3n) is 3.09. The van der Waals surface area contributed by atoms with Gasteiger partial charge in [-0.25, -0.2) is 0 Å². The van der Waals surface area contributed by atoms with Crippen LogP contribution in [0.5, 0.6) is 0 Å². The summed E-state index contributed by atoms with van der Waals surface area (Å²) in [5.41, 5.74) is 0. The van der Waals surface area contributed by atoms with Gasteiger partial charge in [-0.3, -0.25) is 4.79 Å². The average Bonchev–Trinajstić information content (AvgIpc) is 2.57. The van der Waals surface area contributed by atoms with Gasteiger partial charge in [0.2, 0.25) is 0 Å². The van der Waals surface area contributed by atoms with Crippen LogP contribution in [0.3, 0.4) is 0 Å². The highest BCUT2D eigenvalue weighted by molar-refractivity contribution is 5.74. The molecule has 8 heteroatoms. The molecule has 1 rings (SSSR count). The van der Waals surface area contributed by atoms with Gasteiger partial charge in [-0.05, 0) is 13.8 Å². The number of carbonyl (C=O) groups excluding carboxylic acids is 1. The lowest BCUT2D eigenvalue weighted by Gasteiger charge is -2.24. The topological polar surface area (TPSA) is 137 Å². The van der Waals surface area contributed by atoms with Crippen molar-refractivity contribution in [3.8, 4) is 0 Å². The number of rotatable bonds is 5. The monoisotopic (exact) mass is 280 g/mol. The van der Waals surface area contributed by atoms with Gasteiger partial charge in [-0.15, -0.1) is 0 Å². The van der Waals surface area contributed by atoms with E-state index < -0.39 is 48.7 Å². The predicted octanol–water partition coefficient (Wildman–Crippen LogP) is -2.65. The molecule has 0 aromatic heterocycles. The smallest absolute Gasteiger partial charge is 0.317 e. The van der Waals surface area contributed by atoms with E-state index in [-0.39, 0.29) is 6.61 Å². The maximum absolute atomic E-state index is 11.7. The molecule has 1 fully saturated rings. The fourth-order valence-corrected chi connectivity index (χ4v) is 2.11. The molecular formula is C11H20O8. The second kappa shape index (κ2) is 6.12. The van der Waals surface area contributed by atoms with Crippen LogP contribution in [-0.2, 0) is 14.3 Å². The normalized spacial score (nSPS) is 37.9. The van der Waals surface area contributed by atoms with Gasteiger partial charge < -0.3 is 35.0 Å². The molecule has 112 valence electrons. The van der Waals surface area contributed by atoms with Gasteiger partial charge in [0.15, 0.2) is 5.79 Å². The van der Waals surface area contributed by atoms with E-state index in [1.807, 2.05) is 0 Å². The SMILES string of the molecule is CCOC(=O)[C@@H]1[C@@H](O)[C@@H]([C@@H](O)[C@H](O)CO)O[C@]1(C)O.